The van der Waals surface area contributed by atoms with E-state index < -0.39 is 34.6 Å². The molecule has 8 heteroatoms. The second-order valence-corrected chi connectivity index (χ2v) is 11.5. The van der Waals surface area contributed by atoms with Gasteiger partial charge in [-0.05, 0) is 55.8 Å². The van der Waals surface area contributed by atoms with E-state index in [1.165, 1.54) is 21.0 Å². The molecule has 1 aliphatic heterocycles. The van der Waals surface area contributed by atoms with Crippen molar-refractivity contribution >= 4 is 17.9 Å². The van der Waals surface area contributed by atoms with Crippen molar-refractivity contribution in [1.82, 2.24) is 0 Å². The van der Waals surface area contributed by atoms with Gasteiger partial charge in [-0.3, -0.25) is 14.4 Å². The maximum atomic E-state index is 12.9. The highest BCUT2D eigenvalue weighted by molar-refractivity contribution is 5.77. The number of ether oxygens (including phenoxy) is 4. The van der Waals surface area contributed by atoms with Gasteiger partial charge in [0, 0.05) is 25.7 Å². The summed E-state index contributed by atoms with van der Waals surface area (Å²) in [4.78, 5) is 36.3. The number of aliphatic hydroxyl groups is 1. The maximum absolute atomic E-state index is 12.9. The molecule has 4 saturated carbocycles. The number of carbonyl (C=O) groups is 3. The molecule has 4 aliphatic carbocycles. The standard InChI is InChI=1S/C25H36O8/c1-13(26)31-15-6-9-22(3)16-7-10-23(4)18(21(28)30-5)19(32-14(2)27)20-25(23,33-20)17(16)8-11-24(22,29)12-15/h15-20,29H,6-12H2,1-5H3/t15-,16-,17+,18+,19+,20+,22+,23+,24-,25+/m0/s1. The fraction of sp³-hybridized carbons (Fsp3) is 0.880. The van der Waals surface area contributed by atoms with Gasteiger partial charge in [-0.2, -0.15) is 0 Å². The van der Waals surface area contributed by atoms with Gasteiger partial charge < -0.3 is 24.1 Å². The van der Waals surface area contributed by atoms with Gasteiger partial charge in [-0.15, -0.1) is 0 Å². The predicted molar refractivity (Wildman–Crippen MR) is 115 cm³/mol. The van der Waals surface area contributed by atoms with E-state index in [0.29, 0.717) is 12.8 Å². The first kappa shape index (κ1) is 23.1. The van der Waals surface area contributed by atoms with Crippen molar-refractivity contribution in [1.29, 1.82) is 0 Å². The minimum atomic E-state index is -0.906. The minimum absolute atomic E-state index is 0.157. The first-order valence-corrected chi connectivity index (χ1v) is 12.3. The number of esters is 3. The lowest BCUT2D eigenvalue weighted by Crippen LogP contribution is -2.65. The van der Waals surface area contributed by atoms with Crippen LogP contribution >= 0.6 is 0 Å². The Hall–Kier alpha value is -1.67. The summed E-state index contributed by atoms with van der Waals surface area (Å²) in [6, 6.07) is 0. The SMILES string of the molecule is COC(=O)[C@H]1[C@@H](OC(C)=O)[C@H]2O[C@]23[C@@H]2CC[C@]4(O)C[C@@H](OC(C)=O)CC[C@]4(C)[C@H]2CC[C@]13C. The second kappa shape index (κ2) is 7.17. The van der Waals surface area contributed by atoms with Gasteiger partial charge in [0.25, 0.3) is 0 Å². The van der Waals surface area contributed by atoms with Crippen molar-refractivity contribution in [3.05, 3.63) is 0 Å². The number of hydrogen-bond acceptors (Lipinski definition) is 8. The quantitative estimate of drug-likeness (QED) is 0.385. The molecule has 0 aromatic rings. The Morgan fingerprint density at radius 3 is 2.18 bits per heavy atom. The molecule has 0 unspecified atom stereocenters. The summed E-state index contributed by atoms with van der Waals surface area (Å²) in [5.74, 6) is -1.27. The van der Waals surface area contributed by atoms with E-state index in [2.05, 4.69) is 13.8 Å². The molecule has 0 amide bonds. The zero-order valence-electron chi connectivity index (χ0n) is 20.2. The number of epoxide rings is 1. The molecule has 0 aromatic carbocycles. The van der Waals surface area contributed by atoms with Crippen molar-refractivity contribution in [3.8, 4) is 0 Å². The molecule has 1 spiro atoms. The lowest BCUT2D eigenvalue weighted by molar-refractivity contribution is -0.231. The van der Waals surface area contributed by atoms with Crippen LogP contribution in [0.25, 0.3) is 0 Å². The average molecular weight is 465 g/mol. The Morgan fingerprint density at radius 2 is 1.55 bits per heavy atom. The summed E-state index contributed by atoms with van der Waals surface area (Å²) in [5, 5.41) is 11.8. The third-order valence-electron chi connectivity index (χ3n) is 10.3. The highest BCUT2D eigenvalue weighted by Gasteiger charge is 2.86. The Labute approximate surface area is 194 Å². The van der Waals surface area contributed by atoms with E-state index in [9.17, 15) is 19.5 Å². The number of carbonyl (C=O) groups excluding carboxylic acids is 3. The van der Waals surface area contributed by atoms with Gasteiger partial charge in [-0.25, -0.2) is 0 Å². The van der Waals surface area contributed by atoms with Gasteiger partial charge in [0.05, 0.1) is 12.7 Å². The zero-order valence-corrected chi connectivity index (χ0v) is 20.2. The Morgan fingerprint density at radius 1 is 0.909 bits per heavy atom. The van der Waals surface area contributed by atoms with Crippen LogP contribution in [0, 0.1) is 28.6 Å². The van der Waals surface area contributed by atoms with Crippen LogP contribution in [0.4, 0.5) is 0 Å². The molecular weight excluding hydrogens is 428 g/mol. The minimum Gasteiger partial charge on any atom is -0.469 e. The van der Waals surface area contributed by atoms with Gasteiger partial charge in [0.1, 0.15) is 29.8 Å². The van der Waals surface area contributed by atoms with Crippen molar-refractivity contribution < 1.29 is 38.4 Å². The van der Waals surface area contributed by atoms with Crippen LogP contribution in [0.1, 0.15) is 72.6 Å². The molecule has 184 valence electrons. The van der Waals surface area contributed by atoms with Gasteiger partial charge >= 0.3 is 17.9 Å². The number of methoxy groups -OCH3 is 1. The molecule has 0 aromatic heterocycles. The first-order chi connectivity index (χ1) is 15.4. The highest BCUT2D eigenvalue weighted by atomic mass is 16.7. The van der Waals surface area contributed by atoms with Crippen LogP contribution in [0.5, 0.6) is 0 Å². The van der Waals surface area contributed by atoms with Gasteiger partial charge in [-0.1, -0.05) is 13.8 Å². The molecule has 0 radical (unpaired) electrons. The largest absolute Gasteiger partial charge is 0.469 e. The Kier molecular flexibility index (Phi) is 5.02. The maximum Gasteiger partial charge on any atom is 0.313 e. The summed E-state index contributed by atoms with van der Waals surface area (Å²) in [6.45, 7) is 7.05. The van der Waals surface area contributed by atoms with Crippen LogP contribution in [-0.4, -0.2) is 59.6 Å². The van der Waals surface area contributed by atoms with Crippen molar-refractivity contribution in [2.75, 3.05) is 7.11 Å². The topological polar surface area (TPSA) is 112 Å². The second-order valence-electron chi connectivity index (χ2n) is 11.5. The van der Waals surface area contributed by atoms with E-state index in [-0.39, 0.29) is 41.4 Å². The molecule has 1 N–H and O–H groups in total. The van der Waals surface area contributed by atoms with E-state index in [1.54, 1.807) is 0 Å². The molecule has 8 nitrogen and oxygen atoms in total. The van der Waals surface area contributed by atoms with E-state index >= 15 is 0 Å². The predicted octanol–water partition coefficient (Wildman–Crippen LogP) is 2.54. The normalized spacial score (nSPS) is 51.8. The van der Waals surface area contributed by atoms with E-state index in [1.807, 2.05) is 0 Å². The fourth-order valence-corrected chi connectivity index (χ4v) is 8.83. The van der Waals surface area contributed by atoms with Crippen LogP contribution in [0.3, 0.4) is 0 Å². The monoisotopic (exact) mass is 464 g/mol. The van der Waals surface area contributed by atoms with Crippen LogP contribution in [0.15, 0.2) is 0 Å². The third kappa shape index (κ3) is 2.86. The van der Waals surface area contributed by atoms with E-state index in [4.69, 9.17) is 18.9 Å². The molecule has 0 bridgehead atoms. The molecule has 33 heavy (non-hydrogen) atoms. The molecule has 10 atom stereocenters. The molecule has 1 heterocycles. The Balaban J connectivity index is 1.48. The van der Waals surface area contributed by atoms with E-state index in [0.717, 1.165) is 32.1 Å². The smallest absolute Gasteiger partial charge is 0.313 e. The van der Waals surface area contributed by atoms with Crippen LogP contribution < -0.4 is 0 Å². The Bertz CT molecular complexity index is 888. The lowest BCUT2D eigenvalue weighted by Gasteiger charge is -2.63. The van der Waals surface area contributed by atoms with Crippen molar-refractivity contribution in [3.63, 3.8) is 0 Å². The summed E-state index contributed by atoms with van der Waals surface area (Å²) in [7, 11) is 1.38. The van der Waals surface area contributed by atoms with Crippen LogP contribution in [0.2, 0.25) is 0 Å². The average Bonchev–Trinajstić information content (AvgIpc) is 3.42. The van der Waals surface area contributed by atoms with Crippen molar-refractivity contribution in [2.45, 2.75) is 102 Å². The lowest BCUT2D eigenvalue weighted by atomic mass is 9.42. The van der Waals surface area contributed by atoms with Gasteiger partial charge in [0.2, 0.25) is 0 Å². The number of hydrogen-bond donors (Lipinski definition) is 1. The summed E-state index contributed by atoms with van der Waals surface area (Å²) in [6.07, 6.45) is 3.69. The molecule has 5 fully saturated rings. The molecule has 1 saturated heterocycles. The molecule has 5 rings (SSSR count). The molecular formula is C25H36O8. The highest BCUT2D eigenvalue weighted by Crippen LogP contribution is 2.77. The summed E-state index contributed by atoms with van der Waals surface area (Å²) >= 11 is 0. The van der Waals surface area contributed by atoms with Gasteiger partial charge in [0.15, 0.2) is 0 Å². The van der Waals surface area contributed by atoms with Crippen LogP contribution in [-0.2, 0) is 33.3 Å². The molecule has 5 aliphatic rings. The third-order valence-corrected chi connectivity index (χ3v) is 10.3. The first-order valence-electron chi connectivity index (χ1n) is 12.3. The number of rotatable bonds is 3. The fourth-order valence-electron chi connectivity index (χ4n) is 8.83. The van der Waals surface area contributed by atoms with Crippen molar-refractivity contribution in [2.24, 2.45) is 28.6 Å². The summed E-state index contributed by atoms with van der Waals surface area (Å²) in [5.41, 5.74) is -2.28. The number of fused-ring (bicyclic) bond motifs is 3. The zero-order chi connectivity index (χ0) is 24.0. The summed E-state index contributed by atoms with van der Waals surface area (Å²) < 4.78 is 22.8.